The van der Waals surface area contributed by atoms with Crippen LogP contribution in [0.5, 0.6) is 0 Å². The van der Waals surface area contributed by atoms with Crippen LogP contribution in [0.4, 0.5) is 5.13 Å². The number of anilines is 1. The third-order valence-electron chi connectivity index (χ3n) is 1.56. The molecule has 0 saturated carbocycles. The van der Waals surface area contributed by atoms with E-state index in [1.807, 2.05) is 30.3 Å². The van der Waals surface area contributed by atoms with Crippen molar-refractivity contribution < 1.29 is 0 Å². The maximum atomic E-state index is 11.2. The number of para-hydroxylation sites is 1. The van der Waals surface area contributed by atoms with Crippen LogP contribution < -0.4 is 11.4 Å². The maximum Gasteiger partial charge on any atom is 0.364 e. The molecule has 13 heavy (non-hydrogen) atoms. The van der Waals surface area contributed by atoms with Crippen molar-refractivity contribution in [1.29, 1.82) is 0 Å². The lowest BCUT2D eigenvalue weighted by molar-refractivity contribution is 1.05. The number of hydrogen-bond acceptors (Lipinski definition) is 4. The number of hydrogen-bond donors (Lipinski definition) is 1. The molecule has 0 aliphatic heterocycles. The molecular formula is C8H7N3OS. The molecule has 2 rings (SSSR count). The summed E-state index contributed by atoms with van der Waals surface area (Å²) in [6.45, 7) is 0. The lowest BCUT2D eigenvalue weighted by Gasteiger charge is -1.95. The Morgan fingerprint density at radius 2 is 2.00 bits per heavy atom. The average molecular weight is 193 g/mol. The highest BCUT2D eigenvalue weighted by molar-refractivity contribution is 7.10. The molecule has 4 nitrogen and oxygen atoms in total. The van der Waals surface area contributed by atoms with Gasteiger partial charge in [-0.3, -0.25) is 0 Å². The van der Waals surface area contributed by atoms with E-state index in [0.29, 0.717) is 0 Å². The molecule has 0 unspecified atom stereocenters. The molecule has 1 heterocycles. The zero-order chi connectivity index (χ0) is 9.26. The molecule has 0 fully saturated rings. The normalized spacial score (nSPS) is 10.2. The second kappa shape index (κ2) is 3.02. The third-order valence-corrected chi connectivity index (χ3v) is 2.38. The second-order valence-corrected chi connectivity index (χ2v) is 3.42. The first kappa shape index (κ1) is 8.00. The summed E-state index contributed by atoms with van der Waals surface area (Å²) >= 11 is 1.14. The SMILES string of the molecule is Nc1nc(=O)n(-c2ccccc2)s1. The van der Waals surface area contributed by atoms with E-state index < -0.39 is 0 Å². The van der Waals surface area contributed by atoms with Gasteiger partial charge >= 0.3 is 5.69 Å². The molecule has 2 aromatic rings. The first-order valence-electron chi connectivity index (χ1n) is 3.68. The number of nitrogens with two attached hydrogens (primary N) is 1. The lowest BCUT2D eigenvalue weighted by Crippen LogP contribution is -2.12. The summed E-state index contributed by atoms with van der Waals surface area (Å²) in [5.41, 5.74) is 5.87. The average Bonchev–Trinajstić information content (AvgIpc) is 2.47. The standard InChI is InChI=1S/C8H7N3OS/c9-7-10-8(12)11(13-7)6-4-2-1-3-5-6/h1-5H,(H2,9,10,12). The van der Waals surface area contributed by atoms with Crippen LogP contribution in [-0.4, -0.2) is 8.94 Å². The van der Waals surface area contributed by atoms with Gasteiger partial charge in [-0.25, -0.2) is 8.75 Å². The zero-order valence-corrected chi connectivity index (χ0v) is 7.49. The van der Waals surface area contributed by atoms with Crippen molar-refractivity contribution in [2.75, 3.05) is 5.73 Å². The van der Waals surface area contributed by atoms with Crippen molar-refractivity contribution in [2.45, 2.75) is 0 Å². The van der Waals surface area contributed by atoms with Gasteiger partial charge in [-0.1, -0.05) is 18.2 Å². The third kappa shape index (κ3) is 1.46. The summed E-state index contributed by atoms with van der Waals surface area (Å²) in [4.78, 5) is 14.8. The van der Waals surface area contributed by atoms with Crippen LogP contribution in [0.15, 0.2) is 35.1 Å². The fourth-order valence-electron chi connectivity index (χ4n) is 1.02. The highest BCUT2D eigenvalue weighted by Crippen LogP contribution is 2.10. The van der Waals surface area contributed by atoms with E-state index in [2.05, 4.69) is 4.98 Å². The first-order chi connectivity index (χ1) is 6.27. The van der Waals surface area contributed by atoms with Crippen LogP contribution in [0.25, 0.3) is 5.69 Å². The molecule has 0 atom stereocenters. The zero-order valence-electron chi connectivity index (χ0n) is 6.68. The summed E-state index contributed by atoms with van der Waals surface area (Å²) in [6.07, 6.45) is 0. The summed E-state index contributed by atoms with van der Waals surface area (Å²) < 4.78 is 1.45. The Hall–Kier alpha value is -1.62. The Labute approximate surface area is 78.4 Å². The van der Waals surface area contributed by atoms with Gasteiger partial charge in [-0.15, -0.1) is 0 Å². The van der Waals surface area contributed by atoms with Crippen molar-refractivity contribution in [1.82, 2.24) is 8.94 Å². The van der Waals surface area contributed by atoms with Crippen molar-refractivity contribution in [3.63, 3.8) is 0 Å². The summed E-state index contributed by atoms with van der Waals surface area (Å²) in [5, 5.41) is 0.286. The van der Waals surface area contributed by atoms with Crippen molar-refractivity contribution >= 4 is 16.7 Å². The molecule has 5 heteroatoms. The molecule has 0 bridgehead atoms. The highest BCUT2D eigenvalue weighted by Gasteiger charge is 2.03. The minimum absolute atomic E-state index is 0.286. The minimum atomic E-state index is -0.325. The Balaban J connectivity index is 2.59. The van der Waals surface area contributed by atoms with Crippen molar-refractivity contribution in [3.8, 4) is 5.69 Å². The first-order valence-corrected chi connectivity index (χ1v) is 4.46. The summed E-state index contributed by atoms with van der Waals surface area (Å²) in [5.74, 6) is 0. The van der Waals surface area contributed by atoms with Crippen LogP contribution in [0, 0.1) is 0 Å². The fraction of sp³-hybridized carbons (Fsp3) is 0. The summed E-state index contributed by atoms with van der Waals surface area (Å²) in [7, 11) is 0. The van der Waals surface area contributed by atoms with Crippen molar-refractivity contribution in [2.24, 2.45) is 0 Å². The molecule has 0 spiro atoms. The van der Waals surface area contributed by atoms with Gasteiger partial charge in [0.25, 0.3) is 0 Å². The van der Waals surface area contributed by atoms with Gasteiger partial charge < -0.3 is 5.73 Å². The minimum Gasteiger partial charge on any atom is -0.374 e. The lowest BCUT2D eigenvalue weighted by atomic mass is 10.3. The van der Waals surface area contributed by atoms with Gasteiger partial charge in [0.15, 0.2) is 0 Å². The largest absolute Gasteiger partial charge is 0.374 e. The number of nitrogen functional groups attached to an aromatic ring is 1. The predicted molar refractivity (Wildman–Crippen MR) is 52.1 cm³/mol. The monoisotopic (exact) mass is 193 g/mol. The maximum absolute atomic E-state index is 11.2. The fourth-order valence-corrected chi connectivity index (χ4v) is 1.67. The Kier molecular flexibility index (Phi) is 1.86. The molecule has 1 aromatic heterocycles. The molecule has 0 amide bonds. The molecular weight excluding hydrogens is 186 g/mol. The number of nitrogens with zero attached hydrogens (tertiary/aromatic N) is 2. The molecule has 0 aliphatic rings. The van der Waals surface area contributed by atoms with E-state index in [9.17, 15) is 4.79 Å². The number of aromatic nitrogens is 2. The van der Waals surface area contributed by atoms with Gasteiger partial charge in [0, 0.05) is 0 Å². The van der Waals surface area contributed by atoms with Crippen LogP contribution in [-0.2, 0) is 0 Å². The smallest absolute Gasteiger partial charge is 0.364 e. The topological polar surface area (TPSA) is 60.9 Å². The van der Waals surface area contributed by atoms with Gasteiger partial charge in [-0.05, 0) is 23.7 Å². The number of benzene rings is 1. The van der Waals surface area contributed by atoms with Crippen LogP contribution in [0.2, 0.25) is 0 Å². The van der Waals surface area contributed by atoms with Gasteiger partial charge in [-0.2, -0.15) is 4.98 Å². The highest BCUT2D eigenvalue weighted by atomic mass is 32.1. The van der Waals surface area contributed by atoms with E-state index in [1.54, 1.807) is 0 Å². The van der Waals surface area contributed by atoms with Crippen LogP contribution in [0.1, 0.15) is 0 Å². The van der Waals surface area contributed by atoms with E-state index >= 15 is 0 Å². The van der Waals surface area contributed by atoms with Crippen LogP contribution in [0.3, 0.4) is 0 Å². The predicted octanol–water partition coefficient (Wildman–Crippen LogP) is 0.876. The van der Waals surface area contributed by atoms with E-state index in [0.717, 1.165) is 17.2 Å². The quantitative estimate of drug-likeness (QED) is 0.731. The molecule has 0 aliphatic carbocycles. The summed E-state index contributed by atoms with van der Waals surface area (Å²) in [6, 6.07) is 9.27. The van der Waals surface area contributed by atoms with E-state index in [-0.39, 0.29) is 10.8 Å². The second-order valence-electron chi connectivity index (χ2n) is 2.45. The van der Waals surface area contributed by atoms with Crippen LogP contribution >= 0.6 is 11.5 Å². The van der Waals surface area contributed by atoms with E-state index in [4.69, 9.17) is 5.73 Å². The molecule has 2 N–H and O–H groups in total. The van der Waals surface area contributed by atoms with Gasteiger partial charge in [0.2, 0.25) is 5.13 Å². The molecule has 1 aromatic carbocycles. The molecule has 0 saturated heterocycles. The van der Waals surface area contributed by atoms with Gasteiger partial charge in [0.05, 0.1) is 5.69 Å². The molecule has 66 valence electrons. The Bertz CT molecular complexity index is 460. The molecule has 0 radical (unpaired) electrons. The Morgan fingerprint density at radius 1 is 1.31 bits per heavy atom. The van der Waals surface area contributed by atoms with E-state index in [1.165, 1.54) is 3.96 Å². The van der Waals surface area contributed by atoms with Crippen molar-refractivity contribution in [3.05, 3.63) is 40.8 Å². The Morgan fingerprint density at radius 3 is 2.54 bits per heavy atom. The van der Waals surface area contributed by atoms with Gasteiger partial charge in [0.1, 0.15) is 0 Å². The number of rotatable bonds is 1.